The molecule has 1 aromatic heterocycles. The molecule has 138 valence electrons. The van der Waals surface area contributed by atoms with Gasteiger partial charge in [0.25, 0.3) is 11.8 Å². The van der Waals surface area contributed by atoms with E-state index in [0.29, 0.717) is 29.5 Å². The lowest BCUT2D eigenvalue weighted by atomic mass is 9.94. The zero-order valence-electron chi connectivity index (χ0n) is 14.9. The van der Waals surface area contributed by atoms with Crippen molar-refractivity contribution in [1.29, 1.82) is 0 Å². The van der Waals surface area contributed by atoms with Crippen LogP contribution >= 0.6 is 11.3 Å². The molecule has 1 aromatic carbocycles. The number of benzene rings is 1. The fourth-order valence-electron chi connectivity index (χ4n) is 3.24. The maximum atomic E-state index is 12.7. The van der Waals surface area contributed by atoms with E-state index in [2.05, 4.69) is 10.3 Å². The van der Waals surface area contributed by atoms with Crippen molar-refractivity contribution in [3.05, 3.63) is 45.9 Å². The monoisotopic (exact) mass is 372 g/mol. The largest absolute Gasteiger partial charge is 0.339 e. The quantitative estimate of drug-likeness (QED) is 0.843. The lowest BCUT2D eigenvalue weighted by Gasteiger charge is -2.31. The van der Waals surface area contributed by atoms with Crippen molar-refractivity contribution in [3.63, 3.8) is 0 Å². The SMILES string of the molecule is CN(C(=O)c1ccc(NC(=O)c2csc(CN)n2)cc1)C1CCCCC1. The molecule has 1 aliphatic rings. The van der Waals surface area contributed by atoms with Crippen LogP contribution in [-0.4, -0.2) is 34.8 Å². The van der Waals surface area contributed by atoms with E-state index in [1.165, 1.54) is 30.6 Å². The number of nitrogens with two attached hydrogens (primary N) is 1. The van der Waals surface area contributed by atoms with E-state index in [0.717, 1.165) is 17.8 Å². The van der Waals surface area contributed by atoms with Crippen LogP contribution in [0.2, 0.25) is 0 Å². The second-order valence-corrected chi connectivity index (χ2v) is 7.51. The van der Waals surface area contributed by atoms with Gasteiger partial charge in [-0.15, -0.1) is 11.3 Å². The maximum Gasteiger partial charge on any atom is 0.275 e. The molecule has 0 aliphatic heterocycles. The number of hydrogen-bond acceptors (Lipinski definition) is 5. The summed E-state index contributed by atoms with van der Waals surface area (Å²) in [5, 5.41) is 5.21. The number of rotatable bonds is 5. The number of amides is 2. The number of anilines is 1. The van der Waals surface area contributed by atoms with Crippen molar-refractivity contribution in [2.75, 3.05) is 12.4 Å². The van der Waals surface area contributed by atoms with Gasteiger partial charge in [-0.25, -0.2) is 4.98 Å². The first kappa shape index (κ1) is 18.5. The number of aromatic nitrogens is 1. The summed E-state index contributed by atoms with van der Waals surface area (Å²) in [4.78, 5) is 30.9. The number of thiazole rings is 1. The molecule has 1 heterocycles. The smallest absolute Gasteiger partial charge is 0.275 e. The number of nitrogens with zero attached hydrogens (tertiary/aromatic N) is 2. The van der Waals surface area contributed by atoms with Crippen molar-refractivity contribution in [2.45, 2.75) is 44.7 Å². The van der Waals surface area contributed by atoms with Gasteiger partial charge in [-0.05, 0) is 37.1 Å². The Morgan fingerprint density at radius 1 is 1.23 bits per heavy atom. The van der Waals surface area contributed by atoms with Crippen molar-refractivity contribution in [3.8, 4) is 0 Å². The number of nitrogens with one attached hydrogen (secondary N) is 1. The molecule has 1 aliphatic carbocycles. The Hall–Kier alpha value is -2.25. The van der Waals surface area contributed by atoms with Crippen LogP contribution in [0, 0.1) is 0 Å². The summed E-state index contributed by atoms with van der Waals surface area (Å²) in [6, 6.07) is 7.33. The Balaban J connectivity index is 1.62. The zero-order valence-corrected chi connectivity index (χ0v) is 15.7. The molecule has 0 spiro atoms. The van der Waals surface area contributed by atoms with Gasteiger partial charge in [0.1, 0.15) is 10.7 Å². The second kappa shape index (κ2) is 8.42. The van der Waals surface area contributed by atoms with Crippen LogP contribution in [0.25, 0.3) is 0 Å². The van der Waals surface area contributed by atoms with Gasteiger partial charge in [0.2, 0.25) is 0 Å². The molecule has 1 fully saturated rings. The molecule has 6 nitrogen and oxygen atoms in total. The molecule has 0 atom stereocenters. The van der Waals surface area contributed by atoms with Gasteiger partial charge < -0.3 is 16.0 Å². The molecule has 1 saturated carbocycles. The lowest BCUT2D eigenvalue weighted by molar-refractivity contribution is 0.0696. The van der Waals surface area contributed by atoms with E-state index >= 15 is 0 Å². The molecule has 7 heteroatoms. The van der Waals surface area contributed by atoms with Crippen LogP contribution < -0.4 is 11.1 Å². The molecular formula is C19H24N4O2S. The first-order valence-corrected chi connectivity index (χ1v) is 9.79. The molecular weight excluding hydrogens is 348 g/mol. The van der Waals surface area contributed by atoms with Crippen molar-refractivity contribution >= 4 is 28.8 Å². The minimum Gasteiger partial charge on any atom is -0.339 e. The first-order valence-electron chi connectivity index (χ1n) is 8.91. The summed E-state index contributed by atoms with van der Waals surface area (Å²) >= 11 is 1.36. The molecule has 2 aromatic rings. The number of carbonyl (C=O) groups is 2. The highest BCUT2D eigenvalue weighted by Gasteiger charge is 2.23. The highest BCUT2D eigenvalue weighted by atomic mass is 32.1. The minimum absolute atomic E-state index is 0.0295. The normalized spacial score (nSPS) is 14.8. The minimum atomic E-state index is -0.278. The predicted octanol–water partition coefficient (Wildman–Crippen LogP) is 3.26. The van der Waals surface area contributed by atoms with Crippen LogP contribution in [0.1, 0.15) is 58.0 Å². The maximum absolute atomic E-state index is 12.7. The first-order chi connectivity index (χ1) is 12.6. The fraction of sp³-hybridized carbons (Fsp3) is 0.421. The third-order valence-corrected chi connectivity index (χ3v) is 5.66. The van der Waals surface area contributed by atoms with E-state index in [9.17, 15) is 9.59 Å². The molecule has 0 saturated heterocycles. The molecule has 0 radical (unpaired) electrons. The summed E-state index contributed by atoms with van der Waals surface area (Å²) in [6.45, 7) is 0.323. The fourth-order valence-corrected chi connectivity index (χ4v) is 3.89. The predicted molar refractivity (Wildman–Crippen MR) is 103 cm³/mol. The Morgan fingerprint density at radius 2 is 1.92 bits per heavy atom. The topological polar surface area (TPSA) is 88.3 Å². The second-order valence-electron chi connectivity index (χ2n) is 6.57. The van der Waals surface area contributed by atoms with E-state index in [1.807, 2.05) is 11.9 Å². The van der Waals surface area contributed by atoms with Gasteiger partial charge in [-0.2, -0.15) is 0 Å². The van der Waals surface area contributed by atoms with Crippen molar-refractivity contribution < 1.29 is 9.59 Å². The summed E-state index contributed by atoms with van der Waals surface area (Å²) in [6.07, 6.45) is 5.80. The molecule has 2 amide bonds. The van der Waals surface area contributed by atoms with Crippen molar-refractivity contribution in [1.82, 2.24) is 9.88 Å². The molecule has 3 rings (SSSR count). The van der Waals surface area contributed by atoms with E-state index < -0.39 is 0 Å². The van der Waals surface area contributed by atoms with E-state index in [4.69, 9.17) is 5.73 Å². The summed E-state index contributed by atoms with van der Waals surface area (Å²) in [5.41, 5.74) is 7.14. The van der Waals surface area contributed by atoms with Gasteiger partial charge in [0, 0.05) is 36.3 Å². The van der Waals surface area contributed by atoms with Crippen LogP contribution in [0.4, 0.5) is 5.69 Å². The van der Waals surface area contributed by atoms with Gasteiger partial charge in [0.05, 0.1) is 0 Å². The average Bonchev–Trinajstić information content (AvgIpc) is 3.17. The van der Waals surface area contributed by atoms with Crippen LogP contribution in [0.5, 0.6) is 0 Å². The Morgan fingerprint density at radius 3 is 2.54 bits per heavy atom. The Kier molecular flexibility index (Phi) is 6.00. The van der Waals surface area contributed by atoms with Crippen LogP contribution in [0.3, 0.4) is 0 Å². The standard InChI is InChI=1S/C19H24N4O2S/c1-23(15-5-3-2-4-6-15)19(25)13-7-9-14(10-8-13)21-18(24)16-12-26-17(11-20)22-16/h7-10,12,15H,2-6,11,20H2,1H3,(H,21,24). The van der Waals surface area contributed by atoms with Gasteiger partial charge in [-0.1, -0.05) is 19.3 Å². The highest BCUT2D eigenvalue weighted by Crippen LogP contribution is 2.23. The number of hydrogen-bond donors (Lipinski definition) is 2. The Bertz CT molecular complexity index is 766. The third-order valence-electron chi connectivity index (χ3n) is 4.79. The van der Waals surface area contributed by atoms with Crippen LogP contribution in [0.15, 0.2) is 29.6 Å². The molecule has 0 bridgehead atoms. The van der Waals surface area contributed by atoms with E-state index in [-0.39, 0.29) is 11.8 Å². The third kappa shape index (κ3) is 4.28. The Labute approximate surface area is 157 Å². The molecule has 3 N–H and O–H groups in total. The summed E-state index contributed by atoms with van der Waals surface area (Å²) in [5.74, 6) is -0.249. The zero-order chi connectivity index (χ0) is 18.5. The summed E-state index contributed by atoms with van der Waals surface area (Å²) < 4.78 is 0. The van der Waals surface area contributed by atoms with Gasteiger partial charge >= 0.3 is 0 Å². The molecule has 26 heavy (non-hydrogen) atoms. The van der Waals surface area contributed by atoms with Crippen LogP contribution in [-0.2, 0) is 6.54 Å². The summed E-state index contributed by atoms with van der Waals surface area (Å²) in [7, 11) is 1.88. The van der Waals surface area contributed by atoms with E-state index in [1.54, 1.807) is 29.6 Å². The molecule has 0 unspecified atom stereocenters. The van der Waals surface area contributed by atoms with Crippen molar-refractivity contribution in [2.24, 2.45) is 5.73 Å². The number of carbonyl (C=O) groups excluding carboxylic acids is 2. The average molecular weight is 372 g/mol. The van der Waals surface area contributed by atoms with Gasteiger partial charge in [0.15, 0.2) is 0 Å². The lowest BCUT2D eigenvalue weighted by Crippen LogP contribution is -2.38. The highest BCUT2D eigenvalue weighted by molar-refractivity contribution is 7.09. The van der Waals surface area contributed by atoms with Gasteiger partial charge in [-0.3, -0.25) is 9.59 Å².